The fourth-order valence-corrected chi connectivity index (χ4v) is 3.51. The molecule has 0 saturated carbocycles. The Balaban J connectivity index is 1.31. The van der Waals surface area contributed by atoms with Gasteiger partial charge in [-0.2, -0.15) is 10.1 Å². The Hall–Kier alpha value is -2.45. The Kier molecular flexibility index (Phi) is 5.35. The van der Waals surface area contributed by atoms with Gasteiger partial charge in [0.15, 0.2) is 11.6 Å². The lowest BCUT2D eigenvalue weighted by Crippen LogP contribution is -2.45. The zero-order valence-electron chi connectivity index (χ0n) is 15.6. The second kappa shape index (κ2) is 8.06. The number of hydrogen-bond acceptors (Lipinski definition) is 8. The molecule has 1 aromatic carbocycles. The highest BCUT2D eigenvalue weighted by Gasteiger charge is 2.40. The minimum atomic E-state index is -0.392. The van der Waals surface area contributed by atoms with Gasteiger partial charge in [-0.1, -0.05) is 12.1 Å². The number of anilines is 2. The molecular weight excluding hydrogens is 346 g/mol. The summed E-state index contributed by atoms with van der Waals surface area (Å²) in [6.07, 6.45) is 4.18. The normalized spacial score (nSPS) is 18.6. The molecule has 4 rings (SSSR count). The van der Waals surface area contributed by atoms with E-state index >= 15 is 0 Å². The summed E-state index contributed by atoms with van der Waals surface area (Å²) in [6.45, 7) is 3.73. The number of methoxy groups -OCH3 is 1. The molecule has 3 heterocycles. The van der Waals surface area contributed by atoms with E-state index in [2.05, 4.69) is 31.5 Å². The van der Waals surface area contributed by atoms with Gasteiger partial charge in [0, 0.05) is 32.5 Å². The number of benzene rings is 1. The molecule has 8 nitrogen and oxygen atoms in total. The molecular formula is C19H25N5O3. The first kappa shape index (κ1) is 17.9. The summed E-state index contributed by atoms with van der Waals surface area (Å²) in [5.74, 6) is 1.86. The van der Waals surface area contributed by atoms with Crippen molar-refractivity contribution in [2.24, 2.45) is 0 Å². The smallest absolute Gasteiger partial charge is 0.247 e. The van der Waals surface area contributed by atoms with Crippen molar-refractivity contribution in [1.29, 1.82) is 0 Å². The van der Waals surface area contributed by atoms with Crippen molar-refractivity contribution in [2.75, 3.05) is 50.2 Å². The molecule has 0 bridgehead atoms. The van der Waals surface area contributed by atoms with Crippen LogP contribution in [0.1, 0.15) is 18.4 Å². The summed E-state index contributed by atoms with van der Waals surface area (Å²) in [6, 6.07) is 8.08. The topological polar surface area (TPSA) is 81.6 Å². The molecule has 2 aliphatic heterocycles. The van der Waals surface area contributed by atoms with E-state index in [0.717, 1.165) is 50.5 Å². The van der Waals surface area contributed by atoms with Crippen LogP contribution < -0.4 is 15.0 Å². The zero-order chi connectivity index (χ0) is 18.5. The summed E-state index contributed by atoms with van der Waals surface area (Å²) in [7, 11) is 1.68. The van der Waals surface area contributed by atoms with Crippen molar-refractivity contribution in [3.63, 3.8) is 0 Å². The largest absolute Gasteiger partial charge is 0.497 e. The average molecular weight is 371 g/mol. The van der Waals surface area contributed by atoms with Gasteiger partial charge >= 0.3 is 0 Å². The van der Waals surface area contributed by atoms with Gasteiger partial charge < -0.3 is 24.4 Å². The number of piperidine rings is 1. The second-order valence-electron chi connectivity index (χ2n) is 6.76. The molecule has 144 valence electrons. The SMILES string of the molecule is COc1cccc(CCNc2cnnc(N3CCC4(CC3)OCCO4)n2)c1. The fraction of sp³-hybridized carbons (Fsp3) is 0.526. The van der Waals surface area contributed by atoms with E-state index in [1.165, 1.54) is 5.56 Å². The Morgan fingerprint density at radius 1 is 1.22 bits per heavy atom. The van der Waals surface area contributed by atoms with Crippen LogP contribution >= 0.6 is 0 Å². The maximum atomic E-state index is 5.77. The van der Waals surface area contributed by atoms with E-state index in [4.69, 9.17) is 14.2 Å². The number of hydrogen-bond donors (Lipinski definition) is 1. The van der Waals surface area contributed by atoms with Crippen LogP contribution in [-0.2, 0) is 15.9 Å². The number of rotatable bonds is 6. The first-order valence-electron chi connectivity index (χ1n) is 9.36. The number of aromatic nitrogens is 3. The summed E-state index contributed by atoms with van der Waals surface area (Å²) >= 11 is 0. The maximum absolute atomic E-state index is 5.77. The minimum absolute atomic E-state index is 0.392. The summed E-state index contributed by atoms with van der Waals surface area (Å²) in [5.41, 5.74) is 1.21. The first-order valence-corrected chi connectivity index (χ1v) is 9.36. The highest BCUT2D eigenvalue weighted by atomic mass is 16.7. The van der Waals surface area contributed by atoms with Crippen molar-refractivity contribution in [2.45, 2.75) is 25.0 Å². The van der Waals surface area contributed by atoms with E-state index in [9.17, 15) is 0 Å². The molecule has 1 aromatic heterocycles. The predicted molar refractivity (Wildman–Crippen MR) is 101 cm³/mol. The second-order valence-corrected chi connectivity index (χ2v) is 6.76. The summed E-state index contributed by atoms with van der Waals surface area (Å²) < 4.78 is 16.8. The van der Waals surface area contributed by atoms with Gasteiger partial charge in [0.05, 0.1) is 26.5 Å². The molecule has 1 spiro atoms. The standard InChI is InChI=1S/C19H25N5O3/c1-25-16-4-2-3-15(13-16)5-8-20-17-14-21-23-18(22-17)24-9-6-19(7-10-24)26-11-12-27-19/h2-4,13-14H,5-12H2,1H3,(H,20,22,23). The van der Waals surface area contributed by atoms with Crippen molar-refractivity contribution in [3.8, 4) is 5.75 Å². The zero-order valence-corrected chi connectivity index (χ0v) is 15.6. The van der Waals surface area contributed by atoms with E-state index in [1.54, 1.807) is 13.3 Å². The third kappa shape index (κ3) is 4.28. The van der Waals surface area contributed by atoms with Crippen LogP contribution in [0.5, 0.6) is 5.75 Å². The Morgan fingerprint density at radius 2 is 2.04 bits per heavy atom. The van der Waals surface area contributed by atoms with Crippen molar-refractivity contribution in [1.82, 2.24) is 15.2 Å². The Labute approximate surface area is 158 Å². The van der Waals surface area contributed by atoms with E-state index in [-0.39, 0.29) is 0 Å². The molecule has 2 aromatic rings. The van der Waals surface area contributed by atoms with Crippen LogP contribution in [0.25, 0.3) is 0 Å². The van der Waals surface area contributed by atoms with Crippen LogP contribution in [-0.4, -0.2) is 60.9 Å². The quantitative estimate of drug-likeness (QED) is 0.824. The maximum Gasteiger partial charge on any atom is 0.247 e. The van der Waals surface area contributed by atoms with Crippen LogP contribution in [0, 0.1) is 0 Å². The number of nitrogens with one attached hydrogen (secondary N) is 1. The molecule has 27 heavy (non-hydrogen) atoms. The molecule has 0 unspecified atom stereocenters. The van der Waals surface area contributed by atoms with Gasteiger partial charge in [0.2, 0.25) is 5.95 Å². The van der Waals surface area contributed by atoms with Crippen LogP contribution in [0.15, 0.2) is 30.5 Å². The predicted octanol–water partition coefficient (Wildman–Crippen LogP) is 1.88. The first-order chi connectivity index (χ1) is 13.3. The molecule has 2 aliphatic rings. The Bertz CT molecular complexity index is 757. The van der Waals surface area contributed by atoms with Crippen molar-refractivity contribution >= 4 is 11.8 Å². The molecule has 0 amide bonds. The molecule has 8 heteroatoms. The third-order valence-corrected chi connectivity index (χ3v) is 5.02. The third-order valence-electron chi connectivity index (χ3n) is 5.02. The average Bonchev–Trinajstić information content (AvgIpc) is 3.17. The molecule has 2 fully saturated rings. The van der Waals surface area contributed by atoms with Gasteiger partial charge in [-0.25, -0.2) is 0 Å². The molecule has 2 saturated heterocycles. The minimum Gasteiger partial charge on any atom is -0.497 e. The highest BCUT2D eigenvalue weighted by Crippen LogP contribution is 2.32. The highest BCUT2D eigenvalue weighted by molar-refractivity contribution is 5.39. The van der Waals surface area contributed by atoms with Crippen LogP contribution in [0.2, 0.25) is 0 Å². The molecule has 1 N–H and O–H groups in total. The summed E-state index contributed by atoms with van der Waals surface area (Å²) in [5, 5.41) is 11.6. The lowest BCUT2D eigenvalue weighted by molar-refractivity contribution is -0.169. The lowest BCUT2D eigenvalue weighted by atomic mass is 10.0. The van der Waals surface area contributed by atoms with E-state index < -0.39 is 5.79 Å². The van der Waals surface area contributed by atoms with Gasteiger partial charge in [0.1, 0.15) is 5.75 Å². The van der Waals surface area contributed by atoms with E-state index in [1.807, 2.05) is 18.2 Å². The molecule has 0 radical (unpaired) electrons. The summed E-state index contributed by atoms with van der Waals surface area (Å²) in [4.78, 5) is 6.75. The molecule has 0 atom stereocenters. The number of ether oxygens (including phenoxy) is 3. The van der Waals surface area contributed by atoms with Gasteiger partial charge in [-0.3, -0.25) is 0 Å². The van der Waals surface area contributed by atoms with E-state index in [0.29, 0.717) is 19.2 Å². The Morgan fingerprint density at radius 3 is 2.81 bits per heavy atom. The van der Waals surface area contributed by atoms with Gasteiger partial charge in [-0.05, 0) is 24.1 Å². The monoisotopic (exact) mass is 371 g/mol. The lowest BCUT2D eigenvalue weighted by Gasteiger charge is -2.37. The van der Waals surface area contributed by atoms with Gasteiger partial charge in [-0.15, -0.1) is 5.10 Å². The van der Waals surface area contributed by atoms with Crippen LogP contribution in [0.4, 0.5) is 11.8 Å². The fourth-order valence-electron chi connectivity index (χ4n) is 3.51. The van der Waals surface area contributed by atoms with Gasteiger partial charge in [0.25, 0.3) is 0 Å². The number of nitrogens with zero attached hydrogens (tertiary/aromatic N) is 4. The van der Waals surface area contributed by atoms with Crippen molar-refractivity contribution < 1.29 is 14.2 Å². The van der Waals surface area contributed by atoms with Crippen molar-refractivity contribution in [3.05, 3.63) is 36.0 Å². The van der Waals surface area contributed by atoms with Crippen LogP contribution in [0.3, 0.4) is 0 Å². The molecule has 0 aliphatic carbocycles.